The lowest BCUT2D eigenvalue weighted by Crippen LogP contribution is -1.80. The van der Waals surface area contributed by atoms with Crippen molar-refractivity contribution in [2.45, 2.75) is 6.61 Å². The van der Waals surface area contributed by atoms with Crippen molar-refractivity contribution in [3.8, 4) is 0 Å². The van der Waals surface area contributed by atoms with Crippen LogP contribution in [0.3, 0.4) is 0 Å². The second-order valence-electron chi connectivity index (χ2n) is 2.91. The first-order valence-electron chi connectivity index (χ1n) is 4.71. The molecule has 0 saturated carbocycles. The van der Waals surface area contributed by atoms with E-state index in [9.17, 15) is 4.79 Å². The van der Waals surface area contributed by atoms with Crippen LogP contribution in [0.5, 0.6) is 0 Å². The molecule has 0 spiro atoms. The molecule has 2 aromatic rings. The summed E-state index contributed by atoms with van der Waals surface area (Å²) in [6, 6.07) is 6.88. The quantitative estimate of drug-likeness (QED) is 0.772. The van der Waals surface area contributed by atoms with E-state index < -0.39 is 0 Å². The molecule has 0 bridgehead atoms. The second-order valence-corrected chi connectivity index (χ2v) is 2.91. The van der Waals surface area contributed by atoms with Crippen molar-refractivity contribution in [1.29, 1.82) is 0 Å². The molecule has 4 heteroatoms. The van der Waals surface area contributed by atoms with Gasteiger partial charge in [0, 0.05) is 30.4 Å². The Balaban J connectivity index is 0.000000160. The van der Waals surface area contributed by atoms with Crippen molar-refractivity contribution < 1.29 is 9.90 Å². The van der Waals surface area contributed by atoms with Crippen molar-refractivity contribution in [2.75, 3.05) is 0 Å². The van der Waals surface area contributed by atoms with Crippen LogP contribution in [-0.2, 0) is 6.61 Å². The van der Waals surface area contributed by atoms with Gasteiger partial charge in [0.15, 0.2) is 0 Å². The minimum Gasteiger partial charge on any atom is -0.392 e. The summed E-state index contributed by atoms with van der Waals surface area (Å²) >= 11 is 0. The zero-order valence-electron chi connectivity index (χ0n) is 8.65. The Kier molecular flexibility index (Phi) is 5.44. The Labute approximate surface area is 93.6 Å². The van der Waals surface area contributed by atoms with Gasteiger partial charge in [-0.1, -0.05) is 0 Å². The molecule has 2 heterocycles. The molecule has 0 amide bonds. The van der Waals surface area contributed by atoms with Crippen LogP contribution in [0.15, 0.2) is 49.1 Å². The highest BCUT2D eigenvalue weighted by atomic mass is 16.3. The average molecular weight is 216 g/mol. The molecule has 4 nitrogen and oxygen atoms in total. The first kappa shape index (κ1) is 12.0. The predicted octanol–water partition coefficient (Wildman–Crippen LogP) is 1.47. The summed E-state index contributed by atoms with van der Waals surface area (Å²) in [6.07, 6.45) is 7.28. The Hall–Kier alpha value is -2.07. The van der Waals surface area contributed by atoms with Crippen LogP contribution >= 0.6 is 0 Å². The number of carbonyl (C=O) groups is 1. The van der Waals surface area contributed by atoms with Crippen molar-refractivity contribution in [3.63, 3.8) is 0 Å². The Morgan fingerprint density at radius 2 is 1.50 bits per heavy atom. The lowest BCUT2D eigenvalue weighted by atomic mass is 10.3. The van der Waals surface area contributed by atoms with E-state index in [0.717, 1.165) is 11.8 Å². The molecule has 0 unspecified atom stereocenters. The van der Waals surface area contributed by atoms with Gasteiger partial charge >= 0.3 is 0 Å². The monoisotopic (exact) mass is 216 g/mol. The standard InChI is InChI=1S/C6H7NO.C6H5NO/c2*8-5-6-1-3-7-4-2-6/h1-4,8H,5H2;1-5H. The normalized spacial score (nSPS) is 8.81. The van der Waals surface area contributed by atoms with Crippen LogP contribution in [0.1, 0.15) is 15.9 Å². The van der Waals surface area contributed by atoms with Gasteiger partial charge in [0.1, 0.15) is 6.29 Å². The summed E-state index contributed by atoms with van der Waals surface area (Å²) in [4.78, 5) is 17.5. The number of aliphatic hydroxyl groups excluding tert-OH is 1. The fourth-order valence-electron chi connectivity index (χ4n) is 0.930. The molecule has 0 saturated heterocycles. The number of aldehydes is 1. The van der Waals surface area contributed by atoms with Crippen LogP contribution < -0.4 is 0 Å². The van der Waals surface area contributed by atoms with E-state index >= 15 is 0 Å². The van der Waals surface area contributed by atoms with E-state index in [1.165, 1.54) is 0 Å². The third-order valence-electron chi connectivity index (χ3n) is 1.77. The number of rotatable bonds is 2. The molecule has 0 aliphatic carbocycles. The zero-order chi connectivity index (χ0) is 11.6. The van der Waals surface area contributed by atoms with Gasteiger partial charge in [-0.3, -0.25) is 14.8 Å². The lowest BCUT2D eigenvalue weighted by Gasteiger charge is -1.88. The smallest absolute Gasteiger partial charge is 0.150 e. The number of carbonyl (C=O) groups excluding carboxylic acids is 1. The van der Waals surface area contributed by atoms with Gasteiger partial charge in [-0.25, -0.2) is 0 Å². The molecule has 0 aromatic carbocycles. The third-order valence-corrected chi connectivity index (χ3v) is 1.77. The van der Waals surface area contributed by atoms with Crippen LogP contribution in [0.4, 0.5) is 0 Å². The van der Waals surface area contributed by atoms with Crippen LogP contribution in [0.2, 0.25) is 0 Å². The summed E-state index contributed by atoms with van der Waals surface area (Å²) < 4.78 is 0. The van der Waals surface area contributed by atoms with Gasteiger partial charge in [-0.15, -0.1) is 0 Å². The maximum absolute atomic E-state index is 9.98. The second kappa shape index (κ2) is 7.25. The van der Waals surface area contributed by atoms with Crippen molar-refractivity contribution in [1.82, 2.24) is 9.97 Å². The first-order chi connectivity index (χ1) is 7.86. The molecule has 82 valence electrons. The summed E-state index contributed by atoms with van der Waals surface area (Å²) in [5, 5.41) is 8.51. The molecule has 2 rings (SSSR count). The molecule has 1 N–H and O–H groups in total. The van der Waals surface area contributed by atoms with Crippen molar-refractivity contribution in [3.05, 3.63) is 60.2 Å². The maximum atomic E-state index is 9.98. The number of aromatic nitrogens is 2. The SMILES string of the molecule is O=Cc1ccncc1.OCc1ccncc1. The summed E-state index contributed by atoms with van der Waals surface area (Å²) in [5.41, 5.74) is 1.57. The summed E-state index contributed by atoms with van der Waals surface area (Å²) in [5.74, 6) is 0. The fourth-order valence-corrected chi connectivity index (χ4v) is 0.930. The van der Waals surface area contributed by atoms with E-state index in [-0.39, 0.29) is 6.61 Å². The Bertz CT molecular complexity index is 404. The van der Waals surface area contributed by atoms with Gasteiger partial charge in [0.25, 0.3) is 0 Å². The highest BCUT2D eigenvalue weighted by Gasteiger charge is 1.82. The molecule has 0 aliphatic rings. The van der Waals surface area contributed by atoms with Crippen LogP contribution in [-0.4, -0.2) is 21.4 Å². The topological polar surface area (TPSA) is 63.1 Å². The summed E-state index contributed by atoms with van der Waals surface area (Å²) in [6.45, 7) is 0.0997. The highest BCUT2D eigenvalue weighted by Crippen LogP contribution is 1.92. The maximum Gasteiger partial charge on any atom is 0.150 e. The number of aliphatic hydroxyl groups is 1. The van der Waals surface area contributed by atoms with E-state index in [1.807, 2.05) is 0 Å². The van der Waals surface area contributed by atoms with Gasteiger partial charge in [0.05, 0.1) is 6.61 Å². The first-order valence-corrected chi connectivity index (χ1v) is 4.71. The molecule has 0 fully saturated rings. The van der Waals surface area contributed by atoms with Crippen molar-refractivity contribution in [2.24, 2.45) is 0 Å². The lowest BCUT2D eigenvalue weighted by molar-refractivity contribution is 0.112. The molecule has 0 radical (unpaired) electrons. The van der Waals surface area contributed by atoms with E-state index in [1.54, 1.807) is 49.1 Å². The largest absolute Gasteiger partial charge is 0.392 e. The third kappa shape index (κ3) is 4.43. The molecule has 0 aliphatic heterocycles. The number of hydrogen-bond acceptors (Lipinski definition) is 4. The number of pyridine rings is 2. The molecular weight excluding hydrogens is 204 g/mol. The molecule has 16 heavy (non-hydrogen) atoms. The van der Waals surface area contributed by atoms with Crippen molar-refractivity contribution >= 4 is 6.29 Å². The Morgan fingerprint density at radius 3 is 1.81 bits per heavy atom. The molecule has 2 aromatic heterocycles. The average Bonchev–Trinajstić information content (AvgIpc) is 2.41. The number of hydrogen-bond donors (Lipinski definition) is 1. The van der Waals surface area contributed by atoms with Gasteiger partial charge in [-0.2, -0.15) is 0 Å². The van der Waals surface area contributed by atoms with Gasteiger partial charge < -0.3 is 5.11 Å². The van der Waals surface area contributed by atoms with Gasteiger partial charge in [-0.05, 0) is 29.8 Å². The zero-order valence-corrected chi connectivity index (χ0v) is 8.65. The van der Waals surface area contributed by atoms with E-state index in [4.69, 9.17) is 5.11 Å². The molecular formula is C12H12N2O2. The van der Waals surface area contributed by atoms with Crippen LogP contribution in [0, 0.1) is 0 Å². The Morgan fingerprint density at radius 1 is 1.00 bits per heavy atom. The minimum absolute atomic E-state index is 0.0997. The van der Waals surface area contributed by atoms with Gasteiger partial charge in [0.2, 0.25) is 0 Å². The van der Waals surface area contributed by atoms with E-state index in [0.29, 0.717) is 5.56 Å². The highest BCUT2D eigenvalue weighted by molar-refractivity contribution is 5.73. The fraction of sp³-hybridized carbons (Fsp3) is 0.0833. The molecule has 0 atom stereocenters. The predicted molar refractivity (Wildman–Crippen MR) is 59.8 cm³/mol. The van der Waals surface area contributed by atoms with Crippen LogP contribution in [0.25, 0.3) is 0 Å². The summed E-state index contributed by atoms with van der Waals surface area (Å²) in [7, 11) is 0. The van der Waals surface area contributed by atoms with E-state index in [2.05, 4.69) is 9.97 Å². The number of nitrogens with zero attached hydrogens (tertiary/aromatic N) is 2. The minimum atomic E-state index is 0.0997.